The molecule has 2 rings (SSSR count). The first kappa shape index (κ1) is 8.10. The molecule has 0 saturated carbocycles. The summed E-state index contributed by atoms with van der Waals surface area (Å²) in [5.41, 5.74) is 7.65. The van der Waals surface area contributed by atoms with Crippen LogP contribution in [0.1, 0.15) is 19.9 Å². The Hall–Kier alpha value is -1.51. The topological polar surface area (TPSA) is 43.8 Å². The molecule has 0 aliphatic carbocycles. The van der Waals surface area contributed by atoms with Crippen LogP contribution in [-0.4, -0.2) is 9.55 Å². The second-order valence-electron chi connectivity index (χ2n) is 3.48. The average molecular weight is 175 g/mol. The number of nitrogens with two attached hydrogens (primary N) is 1. The molecule has 3 nitrogen and oxygen atoms in total. The fourth-order valence-electron chi connectivity index (χ4n) is 1.55. The summed E-state index contributed by atoms with van der Waals surface area (Å²) < 4.78 is 2.17. The molecule has 3 heteroatoms. The van der Waals surface area contributed by atoms with Crippen molar-refractivity contribution < 1.29 is 0 Å². The molecule has 0 amide bonds. The molecule has 2 aromatic rings. The van der Waals surface area contributed by atoms with Crippen molar-refractivity contribution in [3.05, 3.63) is 24.7 Å². The zero-order chi connectivity index (χ0) is 9.42. The molecule has 2 aromatic heterocycles. The van der Waals surface area contributed by atoms with Gasteiger partial charge in [0.1, 0.15) is 0 Å². The van der Waals surface area contributed by atoms with E-state index in [2.05, 4.69) is 23.4 Å². The molecule has 0 aromatic carbocycles. The van der Waals surface area contributed by atoms with Gasteiger partial charge in [-0.3, -0.25) is 4.98 Å². The predicted molar refractivity (Wildman–Crippen MR) is 54.5 cm³/mol. The van der Waals surface area contributed by atoms with E-state index in [0.29, 0.717) is 6.04 Å². The summed E-state index contributed by atoms with van der Waals surface area (Å²) in [5, 5.41) is 1.09. The van der Waals surface area contributed by atoms with Crippen LogP contribution >= 0.6 is 0 Å². The highest BCUT2D eigenvalue weighted by atomic mass is 15.0. The summed E-state index contributed by atoms with van der Waals surface area (Å²) in [7, 11) is 0. The highest BCUT2D eigenvalue weighted by molar-refractivity contribution is 5.90. The fraction of sp³-hybridized carbons (Fsp3) is 0.300. The number of hydrogen-bond acceptors (Lipinski definition) is 2. The first-order chi connectivity index (χ1) is 6.20. The van der Waals surface area contributed by atoms with Crippen LogP contribution in [0.4, 0.5) is 5.69 Å². The Balaban J connectivity index is 2.75. The highest BCUT2D eigenvalue weighted by Gasteiger charge is 2.05. The van der Waals surface area contributed by atoms with Crippen molar-refractivity contribution in [2.24, 2.45) is 0 Å². The fourth-order valence-corrected chi connectivity index (χ4v) is 1.55. The summed E-state index contributed by atoms with van der Waals surface area (Å²) in [6.45, 7) is 4.28. The lowest BCUT2D eigenvalue weighted by molar-refractivity contribution is 0.622. The van der Waals surface area contributed by atoms with E-state index in [1.54, 1.807) is 6.20 Å². The summed E-state index contributed by atoms with van der Waals surface area (Å²) in [6.07, 6.45) is 5.59. The van der Waals surface area contributed by atoms with E-state index < -0.39 is 0 Å². The minimum absolute atomic E-state index is 0.445. The summed E-state index contributed by atoms with van der Waals surface area (Å²) >= 11 is 0. The standard InChI is InChI=1S/C10H13N3/c1-7(2)13-4-3-8-9(11)5-12-6-10(8)13/h3-7H,11H2,1-2H3. The van der Waals surface area contributed by atoms with Crippen LogP contribution in [0, 0.1) is 0 Å². The molecule has 0 atom stereocenters. The van der Waals surface area contributed by atoms with E-state index in [4.69, 9.17) is 5.73 Å². The summed E-state index contributed by atoms with van der Waals surface area (Å²) in [5.74, 6) is 0. The second-order valence-corrected chi connectivity index (χ2v) is 3.48. The van der Waals surface area contributed by atoms with Crippen molar-refractivity contribution in [2.45, 2.75) is 19.9 Å². The monoisotopic (exact) mass is 175 g/mol. The molecule has 0 saturated heterocycles. The molecular formula is C10H13N3. The highest BCUT2D eigenvalue weighted by Crippen LogP contribution is 2.23. The zero-order valence-electron chi connectivity index (χ0n) is 7.86. The SMILES string of the molecule is CC(C)n1ccc2c(N)cncc21. The number of nitrogens with zero attached hydrogens (tertiary/aromatic N) is 2. The maximum atomic E-state index is 5.79. The Morgan fingerprint density at radius 3 is 2.85 bits per heavy atom. The third-order valence-electron chi connectivity index (χ3n) is 2.23. The average Bonchev–Trinajstić information content (AvgIpc) is 2.48. The van der Waals surface area contributed by atoms with E-state index in [1.165, 1.54) is 0 Å². The summed E-state index contributed by atoms with van der Waals surface area (Å²) in [6, 6.07) is 2.48. The number of rotatable bonds is 1. The molecule has 0 aliphatic heterocycles. The van der Waals surface area contributed by atoms with E-state index in [-0.39, 0.29) is 0 Å². The van der Waals surface area contributed by atoms with Crippen LogP contribution in [0.3, 0.4) is 0 Å². The lowest BCUT2D eigenvalue weighted by Crippen LogP contribution is -1.98. The van der Waals surface area contributed by atoms with Gasteiger partial charge in [-0.05, 0) is 19.9 Å². The lowest BCUT2D eigenvalue weighted by atomic mass is 10.3. The number of pyridine rings is 1. The van der Waals surface area contributed by atoms with Gasteiger partial charge in [0, 0.05) is 17.6 Å². The van der Waals surface area contributed by atoms with Gasteiger partial charge in [0.05, 0.1) is 23.6 Å². The smallest absolute Gasteiger partial charge is 0.0690 e. The van der Waals surface area contributed by atoms with Crippen LogP contribution in [-0.2, 0) is 0 Å². The number of aromatic nitrogens is 2. The Labute approximate surface area is 77.2 Å². The first-order valence-corrected chi connectivity index (χ1v) is 4.40. The summed E-state index contributed by atoms with van der Waals surface area (Å²) in [4.78, 5) is 4.08. The van der Waals surface area contributed by atoms with Gasteiger partial charge in [0.25, 0.3) is 0 Å². The second kappa shape index (κ2) is 2.76. The van der Waals surface area contributed by atoms with Gasteiger partial charge < -0.3 is 10.3 Å². The molecule has 0 unspecified atom stereocenters. The van der Waals surface area contributed by atoms with Crippen molar-refractivity contribution in [1.82, 2.24) is 9.55 Å². The molecule has 0 radical (unpaired) electrons. The molecule has 13 heavy (non-hydrogen) atoms. The third kappa shape index (κ3) is 1.16. The van der Waals surface area contributed by atoms with E-state index in [1.807, 2.05) is 18.5 Å². The van der Waals surface area contributed by atoms with Crippen molar-refractivity contribution >= 4 is 16.6 Å². The minimum Gasteiger partial charge on any atom is -0.397 e. The maximum absolute atomic E-state index is 5.79. The van der Waals surface area contributed by atoms with Crippen molar-refractivity contribution in [1.29, 1.82) is 0 Å². The Kier molecular flexibility index (Phi) is 1.72. The van der Waals surface area contributed by atoms with Crippen LogP contribution < -0.4 is 5.73 Å². The molecule has 2 heterocycles. The largest absolute Gasteiger partial charge is 0.397 e. The van der Waals surface area contributed by atoms with E-state index in [0.717, 1.165) is 16.6 Å². The van der Waals surface area contributed by atoms with E-state index in [9.17, 15) is 0 Å². The molecule has 2 N–H and O–H groups in total. The number of hydrogen-bond donors (Lipinski definition) is 1. The van der Waals surface area contributed by atoms with Gasteiger partial charge in [-0.1, -0.05) is 0 Å². The molecule has 0 aliphatic rings. The number of nitrogen functional groups attached to an aromatic ring is 1. The Morgan fingerprint density at radius 2 is 2.15 bits per heavy atom. The quantitative estimate of drug-likeness (QED) is 0.722. The van der Waals surface area contributed by atoms with Gasteiger partial charge in [0.15, 0.2) is 0 Å². The number of anilines is 1. The zero-order valence-corrected chi connectivity index (χ0v) is 7.86. The van der Waals surface area contributed by atoms with Gasteiger partial charge in [-0.2, -0.15) is 0 Å². The van der Waals surface area contributed by atoms with Crippen LogP contribution in [0.5, 0.6) is 0 Å². The molecule has 0 fully saturated rings. The van der Waals surface area contributed by atoms with Crippen molar-refractivity contribution in [3.63, 3.8) is 0 Å². The maximum Gasteiger partial charge on any atom is 0.0690 e. The molecule has 68 valence electrons. The molecular weight excluding hydrogens is 162 g/mol. The normalized spacial score (nSPS) is 11.3. The lowest BCUT2D eigenvalue weighted by Gasteiger charge is -2.08. The van der Waals surface area contributed by atoms with Gasteiger partial charge in [-0.15, -0.1) is 0 Å². The van der Waals surface area contributed by atoms with Gasteiger partial charge in [-0.25, -0.2) is 0 Å². The predicted octanol–water partition coefficient (Wildman–Crippen LogP) is 2.20. The number of fused-ring (bicyclic) bond motifs is 1. The van der Waals surface area contributed by atoms with Crippen molar-refractivity contribution in [2.75, 3.05) is 5.73 Å². The van der Waals surface area contributed by atoms with Crippen LogP contribution in [0.15, 0.2) is 24.7 Å². The van der Waals surface area contributed by atoms with Crippen LogP contribution in [0.25, 0.3) is 10.9 Å². The van der Waals surface area contributed by atoms with Gasteiger partial charge in [0.2, 0.25) is 0 Å². The van der Waals surface area contributed by atoms with E-state index >= 15 is 0 Å². The van der Waals surface area contributed by atoms with Crippen LogP contribution in [0.2, 0.25) is 0 Å². The minimum atomic E-state index is 0.445. The van der Waals surface area contributed by atoms with Crippen molar-refractivity contribution in [3.8, 4) is 0 Å². The van der Waals surface area contributed by atoms with Gasteiger partial charge >= 0.3 is 0 Å². The molecule has 0 spiro atoms. The Bertz CT molecular complexity index is 429. The first-order valence-electron chi connectivity index (χ1n) is 4.40. The molecule has 0 bridgehead atoms. The third-order valence-corrected chi connectivity index (χ3v) is 2.23. The Morgan fingerprint density at radius 1 is 1.38 bits per heavy atom.